The predicted octanol–water partition coefficient (Wildman–Crippen LogP) is 2.70. The first-order valence-corrected chi connectivity index (χ1v) is 6.31. The van der Waals surface area contributed by atoms with Crippen molar-refractivity contribution in [3.63, 3.8) is 0 Å². The van der Waals surface area contributed by atoms with Crippen molar-refractivity contribution in [2.45, 2.75) is 18.7 Å². The molecule has 0 bridgehead atoms. The molecule has 0 atom stereocenters. The van der Waals surface area contributed by atoms with Gasteiger partial charge in [0.05, 0.1) is 4.90 Å². The molecule has 4 heteroatoms. The number of fused-ring (bicyclic) bond motifs is 1. The second-order valence-corrected chi connectivity index (χ2v) is 5.30. The molecular formula is C12H12O3S. The second kappa shape index (κ2) is 3.57. The average Bonchev–Trinajstić information content (AvgIpc) is 2.22. The summed E-state index contributed by atoms with van der Waals surface area (Å²) in [6.45, 7) is 3.88. The van der Waals surface area contributed by atoms with E-state index in [1.165, 1.54) is 12.1 Å². The zero-order valence-electron chi connectivity index (χ0n) is 9.06. The molecule has 1 N–H and O–H groups in total. The highest BCUT2D eigenvalue weighted by Crippen LogP contribution is 2.24. The van der Waals surface area contributed by atoms with E-state index in [-0.39, 0.29) is 4.90 Å². The second-order valence-electron chi connectivity index (χ2n) is 3.88. The van der Waals surface area contributed by atoms with Crippen LogP contribution < -0.4 is 0 Å². The Kier molecular flexibility index (Phi) is 2.48. The van der Waals surface area contributed by atoms with Gasteiger partial charge in [0.25, 0.3) is 10.1 Å². The summed E-state index contributed by atoms with van der Waals surface area (Å²) in [4.78, 5) is -0.0614. The third-order valence-corrected chi connectivity index (χ3v) is 3.57. The molecule has 0 aliphatic heterocycles. The number of rotatable bonds is 1. The van der Waals surface area contributed by atoms with E-state index < -0.39 is 10.1 Å². The van der Waals surface area contributed by atoms with Crippen LogP contribution in [-0.4, -0.2) is 13.0 Å². The minimum atomic E-state index is -4.12. The van der Waals surface area contributed by atoms with Crippen LogP contribution in [0.5, 0.6) is 0 Å². The van der Waals surface area contributed by atoms with Crippen LogP contribution in [0.1, 0.15) is 11.1 Å². The van der Waals surface area contributed by atoms with Gasteiger partial charge >= 0.3 is 0 Å². The van der Waals surface area contributed by atoms with E-state index in [9.17, 15) is 8.42 Å². The molecule has 84 valence electrons. The lowest BCUT2D eigenvalue weighted by molar-refractivity contribution is 0.483. The van der Waals surface area contributed by atoms with Crippen LogP contribution in [0.2, 0.25) is 0 Å². The fourth-order valence-corrected chi connectivity index (χ4v) is 2.29. The molecule has 0 amide bonds. The Hall–Kier alpha value is -1.39. The normalized spacial score (nSPS) is 11.9. The van der Waals surface area contributed by atoms with Gasteiger partial charge in [-0.15, -0.1) is 0 Å². The summed E-state index contributed by atoms with van der Waals surface area (Å²) in [5, 5.41) is 1.86. The lowest BCUT2D eigenvalue weighted by atomic mass is 10.0. The number of aryl methyl sites for hydroxylation is 2. The Morgan fingerprint density at radius 3 is 2.06 bits per heavy atom. The Balaban J connectivity index is 2.86. The third-order valence-electron chi connectivity index (χ3n) is 2.72. The van der Waals surface area contributed by atoms with Gasteiger partial charge in [0.1, 0.15) is 0 Å². The molecule has 0 unspecified atom stereocenters. The van der Waals surface area contributed by atoms with Gasteiger partial charge in [-0.3, -0.25) is 4.55 Å². The van der Waals surface area contributed by atoms with Crippen LogP contribution in [-0.2, 0) is 10.1 Å². The highest BCUT2D eigenvalue weighted by Gasteiger charge is 2.11. The van der Waals surface area contributed by atoms with Crippen molar-refractivity contribution < 1.29 is 13.0 Å². The smallest absolute Gasteiger partial charge is 0.282 e. The highest BCUT2D eigenvalue weighted by molar-refractivity contribution is 7.85. The first kappa shape index (κ1) is 11.1. The van der Waals surface area contributed by atoms with Gasteiger partial charge in [-0.1, -0.05) is 18.2 Å². The van der Waals surface area contributed by atoms with Gasteiger partial charge in [0.2, 0.25) is 0 Å². The molecule has 16 heavy (non-hydrogen) atoms. The Bertz CT molecular complexity index is 657. The maximum atomic E-state index is 11.0. The van der Waals surface area contributed by atoms with E-state index in [1.807, 2.05) is 26.0 Å². The summed E-state index contributed by atoms with van der Waals surface area (Å²) >= 11 is 0. The molecule has 0 saturated heterocycles. The van der Waals surface area contributed by atoms with Crippen LogP contribution in [0.25, 0.3) is 10.8 Å². The molecule has 0 spiro atoms. The maximum absolute atomic E-state index is 11.0. The molecule has 2 rings (SSSR count). The molecule has 0 fully saturated rings. The van der Waals surface area contributed by atoms with Crippen LogP contribution in [0.15, 0.2) is 35.2 Å². The number of hydrogen-bond donors (Lipinski definition) is 1. The average molecular weight is 236 g/mol. The van der Waals surface area contributed by atoms with Crippen molar-refractivity contribution in [1.29, 1.82) is 0 Å². The van der Waals surface area contributed by atoms with Gasteiger partial charge in [-0.05, 0) is 47.9 Å². The van der Waals surface area contributed by atoms with Crippen LogP contribution in [0.3, 0.4) is 0 Å². The fraction of sp³-hybridized carbons (Fsp3) is 0.167. The summed E-state index contributed by atoms with van der Waals surface area (Å²) in [6.07, 6.45) is 0. The van der Waals surface area contributed by atoms with Crippen molar-refractivity contribution in [2.75, 3.05) is 0 Å². The monoisotopic (exact) mass is 236 g/mol. The molecule has 0 saturated carbocycles. The van der Waals surface area contributed by atoms with Crippen molar-refractivity contribution in [3.05, 3.63) is 41.5 Å². The molecule has 0 radical (unpaired) electrons. The zero-order chi connectivity index (χ0) is 11.9. The highest BCUT2D eigenvalue weighted by atomic mass is 32.2. The summed E-state index contributed by atoms with van der Waals surface area (Å²) in [5.74, 6) is 0. The van der Waals surface area contributed by atoms with Crippen LogP contribution >= 0.6 is 0 Å². The lowest BCUT2D eigenvalue weighted by Crippen LogP contribution is -1.98. The zero-order valence-corrected chi connectivity index (χ0v) is 9.88. The number of benzene rings is 2. The largest absolute Gasteiger partial charge is 0.294 e. The van der Waals surface area contributed by atoms with Gasteiger partial charge in [-0.25, -0.2) is 0 Å². The van der Waals surface area contributed by atoms with Crippen molar-refractivity contribution in [2.24, 2.45) is 0 Å². The van der Waals surface area contributed by atoms with Gasteiger partial charge in [-0.2, -0.15) is 8.42 Å². The molecule has 2 aromatic rings. The summed E-state index contributed by atoms with van der Waals surface area (Å²) < 4.78 is 31.0. The van der Waals surface area contributed by atoms with Crippen molar-refractivity contribution in [3.8, 4) is 0 Å². The molecule has 0 aliphatic rings. The van der Waals surface area contributed by atoms with Crippen LogP contribution in [0.4, 0.5) is 0 Å². The van der Waals surface area contributed by atoms with E-state index in [1.54, 1.807) is 6.07 Å². The molecule has 0 heterocycles. The molecular weight excluding hydrogens is 224 g/mol. The first-order valence-electron chi connectivity index (χ1n) is 4.87. The Morgan fingerprint density at radius 1 is 0.938 bits per heavy atom. The summed E-state index contributed by atoms with van der Waals surface area (Å²) in [7, 11) is -4.12. The van der Waals surface area contributed by atoms with E-state index in [0.29, 0.717) is 0 Å². The molecule has 3 nitrogen and oxygen atoms in total. The molecule has 2 aromatic carbocycles. The first-order chi connectivity index (χ1) is 7.39. The van der Waals surface area contributed by atoms with Gasteiger partial charge in [0.15, 0.2) is 0 Å². The Morgan fingerprint density at radius 2 is 1.50 bits per heavy atom. The summed E-state index contributed by atoms with van der Waals surface area (Å²) in [6, 6.07) is 8.58. The van der Waals surface area contributed by atoms with Gasteiger partial charge in [0, 0.05) is 0 Å². The number of hydrogen-bond acceptors (Lipinski definition) is 2. The van der Waals surface area contributed by atoms with E-state index in [4.69, 9.17) is 4.55 Å². The minimum Gasteiger partial charge on any atom is -0.282 e. The quantitative estimate of drug-likeness (QED) is 0.774. The molecule has 0 aromatic heterocycles. The van der Waals surface area contributed by atoms with Crippen LogP contribution in [0, 0.1) is 13.8 Å². The maximum Gasteiger partial charge on any atom is 0.294 e. The Labute approximate surface area is 94.5 Å². The molecule has 0 aliphatic carbocycles. The SMILES string of the molecule is Cc1ccc(C)c2cc(S(=O)(=O)O)ccc12. The van der Waals surface area contributed by atoms with Crippen molar-refractivity contribution >= 4 is 20.9 Å². The van der Waals surface area contributed by atoms with Crippen molar-refractivity contribution in [1.82, 2.24) is 0 Å². The van der Waals surface area contributed by atoms with E-state index in [0.717, 1.165) is 21.9 Å². The minimum absolute atomic E-state index is 0.0614. The predicted molar refractivity (Wildman–Crippen MR) is 63.2 cm³/mol. The standard InChI is InChI=1S/C12H12O3S/c1-8-3-4-9(2)12-7-10(16(13,14)15)5-6-11(8)12/h3-7H,1-2H3,(H,13,14,15). The fourth-order valence-electron chi connectivity index (χ4n) is 1.78. The van der Waals surface area contributed by atoms with E-state index >= 15 is 0 Å². The lowest BCUT2D eigenvalue weighted by Gasteiger charge is -2.06. The third kappa shape index (κ3) is 1.81. The summed E-state index contributed by atoms with van der Waals surface area (Å²) in [5.41, 5.74) is 2.08. The topological polar surface area (TPSA) is 54.4 Å². The van der Waals surface area contributed by atoms with Gasteiger partial charge < -0.3 is 0 Å². The van der Waals surface area contributed by atoms with E-state index in [2.05, 4.69) is 0 Å².